The summed E-state index contributed by atoms with van der Waals surface area (Å²) in [6.07, 6.45) is 1.78. The lowest BCUT2D eigenvalue weighted by Gasteiger charge is -2.32. The minimum atomic E-state index is -0.193. The van der Waals surface area contributed by atoms with Crippen LogP contribution in [0.5, 0.6) is 0 Å². The minimum absolute atomic E-state index is 0.193. The van der Waals surface area contributed by atoms with Crippen molar-refractivity contribution < 1.29 is 0 Å². The number of imidazole rings is 1. The van der Waals surface area contributed by atoms with Crippen molar-refractivity contribution in [3.8, 4) is 17.2 Å². The number of hydrogen-bond donors (Lipinski definition) is 2. The molecule has 0 spiro atoms. The van der Waals surface area contributed by atoms with E-state index >= 15 is 0 Å². The van der Waals surface area contributed by atoms with Gasteiger partial charge in [0.1, 0.15) is 0 Å². The summed E-state index contributed by atoms with van der Waals surface area (Å²) in [6.45, 7) is 5.76. The Labute approximate surface area is 167 Å². The van der Waals surface area contributed by atoms with Gasteiger partial charge in [-0.2, -0.15) is 4.68 Å². The summed E-state index contributed by atoms with van der Waals surface area (Å²) in [5.41, 5.74) is 3.78. The summed E-state index contributed by atoms with van der Waals surface area (Å²) < 4.78 is 1.41. The van der Waals surface area contributed by atoms with Crippen molar-refractivity contribution in [3.05, 3.63) is 52.6 Å². The molecule has 0 bridgehead atoms. The molecule has 1 aliphatic heterocycles. The van der Waals surface area contributed by atoms with E-state index in [0.717, 1.165) is 54.4 Å². The van der Waals surface area contributed by atoms with Gasteiger partial charge >= 0.3 is 0 Å². The van der Waals surface area contributed by atoms with Crippen molar-refractivity contribution in [2.75, 3.05) is 38.1 Å². The van der Waals surface area contributed by atoms with Crippen LogP contribution in [0.4, 0.5) is 5.95 Å². The Balaban J connectivity index is 1.47. The van der Waals surface area contributed by atoms with Crippen LogP contribution in [0.1, 0.15) is 5.69 Å². The number of fused-ring (bicyclic) bond motifs is 1. The predicted octanol–water partition coefficient (Wildman–Crippen LogP) is 1.56. The molecule has 0 atom stereocenters. The van der Waals surface area contributed by atoms with Crippen molar-refractivity contribution in [3.63, 3.8) is 0 Å². The fourth-order valence-corrected chi connectivity index (χ4v) is 3.61. The van der Waals surface area contributed by atoms with E-state index < -0.39 is 0 Å². The third-order valence-corrected chi connectivity index (χ3v) is 5.35. The molecule has 1 fully saturated rings. The van der Waals surface area contributed by atoms with Crippen molar-refractivity contribution >= 4 is 17.0 Å². The van der Waals surface area contributed by atoms with Gasteiger partial charge in [-0.25, -0.2) is 15.0 Å². The molecule has 29 heavy (non-hydrogen) atoms. The topological polar surface area (TPSA) is 98.7 Å². The molecular formula is C20H22N8O. The number of rotatable bonds is 3. The molecule has 5 rings (SSSR count). The zero-order chi connectivity index (χ0) is 20.0. The summed E-state index contributed by atoms with van der Waals surface area (Å²) in [5, 5.41) is 3.13. The molecule has 0 unspecified atom stereocenters. The molecule has 4 aromatic rings. The summed E-state index contributed by atoms with van der Waals surface area (Å²) in [7, 11) is 2.12. The monoisotopic (exact) mass is 390 g/mol. The molecule has 0 aliphatic carbocycles. The molecule has 0 amide bonds. The average molecular weight is 390 g/mol. The summed E-state index contributed by atoms with van der Waals surface area (Å²) in [5.74, 6) is 1.19. The van der Waals surface area contributed by atoms with Gasteiger partial charge in [-0.3, -0.25) is 9.89 Å². The van der Waals surface area contributed by atoms with Gasteiger partial charge in [0.25, 0.3) is 5.56 Å². The van der Waals surface area contributed by atoms with E-state index in [-0.39, 0.29) is 5.56 Å². The Morgan fingerprint density at radius 2 is 1.86 bits per heavy atom. The van der Waals surface area contributed by atoms with Crippen LogP contribution in [0.25, 0.3) is 28.2 Å². The Morgan fingerprint density at radius 3 is 2.62 bits per heavy atom. The molecule has 3 aromatic heterocycles. The maximum Gasteiger partial charge on any atom is 0.274 e. The maximum absolute atomic E-state index is 12.6. The summed E-state index contributed by atoms with van der Waals surface area (Å²) in [6, 6.07) is 9.22. The smallest absolute Gasteiger partial charge is 0.274 e. The van der Waals surface area contributed by atoms with E-state index in [0.29, 0.717) is 11.6 Å². The standard InChI is InChI=1S/C20H22N8O/c1-13-14(12-21-19(22-13)27-9-7-26(2)8-10-27)17-11-18(29)28(25-17)20-23-15-5-3-4-6-16(15)24-20/h3-6,11-12,25H,7-10H2,1-2H3,(H,23,24). The van der Waals surface area contributed by atoms with Crippen LogP contribution in [-0.4, -0.2) is 67.8 Å². The van der Waals surface area contributed by atoms with Gasteiger partial charge in [-0.1, -0.05) is 12.1 Å². The van der Waals surface area contributed by atoms with E-state index in [9.17, 15) is 4.79 Å². The molecular weight excluding hydrogens is 368 g/mol. The first-order valence-corrected chi connectivity index (χ1v) is 9.63. The zero-order valence-electron chi connectivity index (χ0n) is 16.4. The van der Waals surface area contributed by atoms with E-state index in [1.807, 2.05) is 31.2 Å². The van der Waals surface area contributed by atoms with Crippen molar-refractivity contribution in [2.24, 2.45) is 0 Å². The SMILES string of the molecule is Cc1nc(N2CCN(C)CC2)ncc1-c1cc(=O)n(-c2nc3ccccc3[nH]2)[nH]1. The average Bonchev–Trinajstić information content (AvgIpc) is 3.31. The maximum atomic E-state index is 12.6. The number of nitrogens with one attached hydrogen (secondary N) is 2. The molecule has 9 nitrogen and oxygen atoms in total. The normalized spacial score (nSPS) is 15.3. The van der Waals surface area contributed by atoms with Crippen LogP contribution in [-0.2, 0) is 0 Å². The summed E-state index contributed by atoms with van der Waals surface area (Å²) in [4.78, 5) is 33.9. The van der Waals surface area contributed by atoms with Gasteiger partial charge in [0.2, 0.25) is 11.9 Å². The molecule has 2 N–H and O–H groups in total. The van der Waals surface area contributed by atoms with Crippen LogP contribution in [0.2, 0.25) is 0 Å². The van der Waals surface area contributed by atoms with Crippen LogP contribution in [0.15, 0.2) is 41.3 Å². The van der Waals surface area contributed by atoms with Crippen LogP contribution in [0, 0.1) is 6.92 Å². The number of nitrogens with zero attached hydrogens (tertiary/aromatic N) is 6. The largest absolute Gasteiger partial charge is 0.338 e. The van der Waals surface area contributed by atoms with E-state index in [2.05, 4.69) is 41.9 Å². The number of benzene rings is 1. The Bertz CT molecular complexity index is 1200. The second-order valence-corrected chi connectivity index (χ2v) is 7.38. The van der Waals surface area contributed by atoms with E-state index in [1.165, 1.54) is 4.68 Å². The first kappa shape index (κ1) is 17.6. The van der Waals surface area contributed by atoms with Gasteiger partial charge in [0, 0.05) is 44.0 Å². The van der Waals surface area contributed by atoms with Crippen molar-refractivity contribution in [1.29, 1.82) is 0 Å². The molecule has 1 aliphatic rings. The number of aromatic amines is 2. The highest BCUT2D eigenvalue weighted by molar-refractivity contribution is 5.76. The third-order valence-electron chi connectivity index (χ3n) is 5.35. The molecule has 1 saturated heterocycles. The number of aromatic nitrogens is 6. The first-order valence-electron chi connectivity index (χ1n) is 9.63. The lowest BCUT2D eigenvalue weighted by atomic mass is 10.2. The van der Waals surface area contributed by atoms with Gasteiger partial charge in [-0.15, -0.1) is 0 Å². The second kappa shape index (κ2) is 6.85. The highest BCUT2D eigenvalue weighted by Gasteiger charge is 2.18. The number of likely N-dealkylation sites (N-methyl/N-ethyl adjacent to an activating group) is 1. The molecule has 9 heteroatoms. The number of hydrogen-bond acceptors (Lipinski definition) is 6. The van der Waals surface area contributed by atoms with Crippen molar-refractivity contribution in [1.82, 2.24) is 34.6 Å². The van der Waals surface area contributed by atoms with Crippen molar-refractivity contribution in [2.45, 2.75) is 6.92 Å². The molecule has 1 aromatic carbocycles. The number of H-pyrrole nitrogens is 2. The van der Waals surface area contributed by atoms with Gasteiger partial charge in [-0.05, 0) is 26.1 Å². The number of piperazine rings is 1. The Kier molecular flexibility index (Phi) is 4.17. The number of para-hydroxylation sites is 2. The molecule has 0 radical (unpaired) electrons. The first-order chi connectivity index (χ1) is 14.1. The van der Waals surface area contributed by atoms with Crippen LogP contribution < -0.4 is 10.5 Å². The molecule has 0 saturated carbocycles. The predicted molar refractivity (Wildman–Crippen MR) is 112 cm³/mol. The second-order valence-electron chi connectivity index (χ2n) is 7.38. The zero-order valence-corrected chi connectivity index (χ0v) is 16.4. The summed E-state index contributed by atoms with van der Waals surface area (Å²) >= 11 is 0. The Morgan fingerprint density at radius 1 is 1.07 bits per heavy atom. The number of aryl methyl sites for hydroxylation is 1. The number of anilines is 1. The highest BCUT2D eigenvalue weighted by atomic mass is 16.1. The fourth-order valence-electron chi connectivity index (χ4n) is 3.61. The van der Waals surface area contributed by atoms with Gasteiger partial charge in [0.05, 0.1) is 22.4 Å². The molecule has 4 heterocycles. The lowest BCUT2D eigenvalue weighted by molar-refractivity contribution is 0.311. The minimum Gasteiger partial charge on any atom is -0.338 e. The lowest BCUT2D eigenvalue weighted by Crippen LogP contribution is -2.45. The van der Waals surface area contributed by atoms with Crippen LogP contribution in [0.3, 0.4) is 0 Å². The van der Waals surface area contributed by atoms with Crippen LogP contribution >= 0.6 is 0 Å². The molecule has 148 valence electrons. The third kappa shape index (κ3) is 3.19. The van der Waals surface area contributed by atoms with E-state index in [1.54, 1.807) is 12.3 Å². The van der Waals surface area contributed by atoms with Gasteiger partial charge < -0.3 is 14.8 Å². The van der Waals surface area contributed by atoms with E-state index in [4.69, 9.17) is 0 Å². The Hall–Kier alpha value is -3.46. The van der Waals surface area contributed by atoms with Gasteiger partial charge in [0.15, 0.2) is 0 Å². The quantitative estimate of drug-likeness (QED) is 0.551. The highest BCUT2D eigenvalue weighted by Crippen LogP contribution is 2.22. The fraction of sp³-hybridized carbons (Fsp3) is 0.300.